The summed E-state index contributed by atoms with van der Waals surface area (Å²) in [5.74, 6) is 2.87. The number of thiophene rings is 1. The average molecular weight is 342 g/mol. The molecule has 0 aliphatic carbocycles. The zero-order valence-electron chi connectivity index (χ0n) is 14.4. The lowest BCUT2D eigenvalue weighted by Crippen LogP contribution is -2.35. The molecule has 0 saturated carbocycles. The Balaban J connectivity index is 1.51. The van der Waals surface area contributed by atoms with Gasteiger partial charge in [-0.25, -0.2) is 9.97 Å². The van der Waals surface area contributed by atoms with Gasteiger partial charge < -0.3 is 9.47 Å². The predicted molar refractivity (Wildman–Crippen MR) is 96.5 cm³/mol. The Labute approximate surface area is 145 Å². The van der Waals surface area contributed by atoms with Crippen molar-refractivity contribution in [2.75, 3.05) is 18.0 Å². The molecular formula is C17H22N6S. The van der Waals surface area contributed by atoms with Crippen LogP contribution in [0.4, 0.5) is 5.82 Å². The van der Waals surface area contributed by atoms with Crippen LogP contribution in [0, 0.1) is 19.8 Å². The molecule has 4 rings (SSSR count). The minimum atomic E-state index is 0.673. The van der Waals surface area contributed by atoms with Crippen molar-refractivity contribution in [2.45, 2.75) is 33.1 Å². The highest BCUT2D eigenvalue weighted by molar-refractivity contribution is 7.18. The van der Waals surface area contributed by atoms with Gasteiger partial charge in [0.15, 0.2) is 0 Å². The van der Waals surface area contributed by atoms with Crippen LogP contribution in [0.25, 0.3) is 10.2 Å². The molecule has 0 N–H and O–H groups in total. The van der Waals surface area contributed by atoms with Crippen LogP contribution in [-0.4, -0.2) is 37.8 Å². The molecule has 1 fully saturated rings. The SMILES string of the molecule is Cc1sc2ncnc(N3CCC(Cc4nncn4C)CC3)c2c1C. The van der Waals surface area contributed by atoms with Crippen molar-refractivity contribution in [3.8, 4) is 0 Å². The van der Waals surface area contributed by atoms with Gasteiger partial charge in [-0.3, -0.25) is 0 Å². The third kappa shape index (κ3) is 2.66. The van der Waals surface area contributed by atoms with Crippen molar-refractivity contribution in [3.63, 3.8) is 0 Å². The summed E-state index contributed by atoms with van der Waals surface area (Å²) in [6, 6.07) is 0. The van der Waals surface area contributed by atoms with Crippen LogP contribution in [0.2, 0.25) is 0 Å². The van der Waals surface area contributed by atoms with E-state index in [0.29, 0.717) is 5.92 Å². The first-order valence-electron chi connectivity index (χ1n) is 8.42. The van der Waals surface area contributed by atoms with E-state index in [2.05, 4.69) is 38.9 Å². The Morgan fingerprint density at radius 3 is 2.71 bits per heavy atom. The molecule has 1 saturated heterocycles. The number of rotatable bonds is 3. The molecular weight excluding hydrogens is 320 g/mol. The Hall–Kier alpha value is -2.02. The zero-order chi connectivity index (χ0) is 16.7. The third-order valence-electron chi connectivity index (χ3n) is 5.14. The number of piperidine rings is 1. The minimum absolute atomic E-state index is 0.673. The van der Waals surface area contributed by atoms with Gasteiger partial charge in [0.2, 0.25) is 0 Å². The number of hydrogen-bond donors (Lipinski definition) is 0. The molecule has 0 atom stereocenters. The number of fused-ring (bicyclic) bond motifs is 1. The average Bonchev–Trinajstić information content (AvgIpc) is 3.12. The van der Waals surface area contributed by atoms with Crippen LogP contribution >= 0.6 is 11.3 Å². The lowest BCUT2D eigenvalue weighted by Gasteiger charge is -2.33. The number of hydrogen-bond acceptors (Lipinski definition) is 6. The molecule has 6 nitrogen and oxygen atoms in total. The largest absolute Gasteiger partial charge is 0.356 e. The van der Waals surface area contributed by atoms with Crippen molar-refractivity contribution < 1.29 is 0 Å². The molecule has 126 valence electrons. The number of anilines is 1. The van der Waals surface area contributed by atoms with Crippen LogP contribution in [0.1, 0.15) is 29.1 Å². The maximum absolute atomic E-state index is 4.61. The smallest absolute Gasteiger partial charge is 0.141 e. The molecule has 24 heavy (non-hydrogen) atoms. The van der Waals surface area contributed by atoms with E-state index in [-0.39, 0.29) is 0 Å². The van der Waals surface area contributed by atoms with Gasteiger partial charge in [0, 0.05) is 31.4 Å². The molecule has 0 unspecified atom stereocenters. The van der Waals surface area contributed by atoms with Crippen molar-refractivity contribution in [1.29, 1.82) is 0 Å². The molecule has 0 aromatic carbocycles. The normalized spacial score (nSPS) is 16.2. The first kappa shape index (κ1) is 15.5. The molecule has 3 aromatic heterocycles. The summed E-state index contributed by atoms with van der Waals surface area (Å²) >= 11 is 1.77. The lowest BCUT2D eigenvalue weighted by molar-refractivity contribution is 0.392. The summed E-state index contributed by atoms with van der Waals surface area (Å²) in [7, 11) is 2.02. The Kier molecular flexibility index (Phi) is 3.96. The van der Waals surface area contributed by atoms with Gasteiger partial charge in [-0.2, -0.15) is 0 Å². The summed E-state index contributed by atoms with van der Waals surface area (Å²) in [5, 5.41) is 9.45. The second-order valence-electron chi connectivity index (χ2n) is 6.65. The molecule has 3 aromatic rings. The maximum atomic E-state index is 4.61. The maximum Gasteiger partial charge on any atom is 0.141 e. The summed E-state index contributed by atoms with van der Waals surface area (Å²) in [6.07, 6.45) is 6.84. The standard InChI is InChI=1S/C17H22N6S/c1-11-12(2)24-17-15(11)16(18-9-19-17)23-6-4-13(5-7-23)8-14-21-20-10-22(14)3/h9-10,13H,4-8H2,1-3H3. The second-order valence-corrected chi connectivity index (χ2v) is 7.86. The van der Waals surface area contributed by atoms with Crippen LogP contribution in [0.5, 0.6) is 0 Å². The van der Waals surface area contributed by atoms with E-state index in [1.54, 1.807) is 24.0 Å². The lowest BCUT2D eigenvalue weighted by atomic mass is 9.93. The first-order chi connectivity index (χ1) is 11.6. The number of nitrogens with zero attached hydrogens (tertiary/aromatic N) is 6. The van der Waals surface area contributed by atoms with Crippen molar-refractivity contribution in [3.05, 3.63) is 28.9 Å². The highest BCUT2D eigenvalue weighted by atomic mass is 32.1. The van der Waals surface area contributed by atoms with E-state index in [1.165, 1.54) is 28.7 Å². The van der Waals surface area contributed by atoms with Gasteiger partial charge in [-0.1, -0.05) is 0 Å². The van der Waals surface area contributed by atoms with Crippen LogP contribution in [0.15, 0.2) is 12.7 Å². The molecule has 4 heterocycles. The Morgan fingerprint density at radius 1 is 1.21 bits per heavy atom. The number of aryl methyl sites for hydroxylation is 3. The molecule has 0 bridgehead atoms. The monoisotopic (exact) mass is 342 g/mol. The van der Waals surface area contributed by atoms with Crippen molar-refractivity contribution in [2.24, 2.45) is 13.0 Å². The van der Waals surface area contributed by atoms with Crippen molar-refractivity contribution >= 4 is 27.4 Å². The Bertz CT molecular complexity index is 859. The van der Waals surface area contributed by atoms with E-state index >= 15 is 0 Å². The van der Waals surface area contributed by atoms with E-state index in [4.69, 9.17) is 0 Å². The fraction of sp³-hybridized carbons (Fsp3) is 0.529. The van der Waals surface area contributed by atoms with Gasteiger partial charge in [-0.05, 0) is 38.2 Å². The molecule has 1 aliphatic heterocycles. The fourth-order valence-corrected chi connectivity index (χ4v) is 4.49. The minimum Gasteiger partial charge on any atom is -0.356 e. The quantitative estimate of drug-likeness (QED) is 0.732. The van der Waals surface area contributed by atoms with Gasteiger partial charge >= 0.3 is 0 Å². The first-order valence-corrected chi connectivity index (χ1v) is 9.23. The van der Waals surface area contributed by atoms with Crippen LogP contribution < -0.4 is 4.90 Å². The summed E-state index contributed by atoms with van der Waals surface area (Å²) < 4.78 is 2.03. The zero-order valence-corrected chi connectivity index (χ0v) is 15.2. The van der Waals surface area contributed by atoms with Gasteiger partial charge in [0.25, 0.3) is 0 Å². The fourth-order valence-electron chi connectivity index (χ4n) is 3.50. The van der Waals surface area contributed by atoms with Gasteiger partial charge in [0.05, 0.1) is 5.39 Å². The predicted octanol–water partition coefficient (Wildman–Crippen LogP) is 2.90. The van der Waals surface area contributed by atoms with Gasteiger partial charge in [-0.15, -0.1) is 21.5 Å². The van der Waals surface area contributed by atoms with E-state index in [0.717, 1.165) is 36.0 Å². The van der Waals surface area contributed by atoms with E-state index in [9.17, 15) is 0 Å². The van der Waals surface area contributed by atoms with Crippen molar-refractivity contribution in [1.82, 2.24) is 24.7 Å². The Morgan fingerprint density at radius 2 is 2.00 bits per heavy atom. The van der Waals surface area contributed by atoms with Crippen LogP contribution in [-0.2, 0) is 13.5 Å². The summed E-state index contributed by atoms with van der Waals surface area (Å²) in [6.45, 7) is 6.44. The third-order valence-corrected chi connectivity index (χ3v) is 6.25. The highest BCUT2D eigenvalue weighted by Crippen LogP contribution is 2.35. The summed E-state index contributed by atoms with van der Waals surface area (Å²) in [5.41, 5.74) is 1.33. The van der Waals surface area contributed by atoms with E-state index < -0.39 is 0 Å². The molecule has 0 spiro atoms. The topological polar surface area (TPSA) is 59.7 Å². The molecule has 1 aliphatic rings. The van der Waals surface area contributed by atoms with E-state index in [1.807, 2.05) is 11.6 Å². The molecule has 7 heteroatoms. The highest BCUT2D eigenvalue weighted by Gasteiger charge is 2.24. The van der Waals surface area contributed by atoms with Gasteiger partial charge in [0.1, 0.15) is 29.1 Å². The molecule has 0 radical (unpaired) electrons. The number of aromatic nitrogens is 5. The summed E-state index contributed by atoms with van der Waals surface area (Å²) in [4.78, 5) is 13.9. The molecule has 0 amide bonds. The van der Waals surface area contributed by atoms with Crippen LogP contribution in [0.3, 0.4) is 0 Å². The second kappa shape index (κ2) is 6.12.